The number of benzene rings is 1. The minimum Gasteiger partial charge on any atom is -0.573 e. The predicted octanol–water partition coefficient (Wildman–Crippen LogP) is 5.67. The van der Waals surface area contributed by atoms with Gasteiger partial charge in [-0.15, -0.1) is 12.1 Å². The zero-order valence-electron chi connectivity index (χ0n) is 25.2. The van der Waals surface area contributed by atoms with E-state index in [2.05, 4.69) is 36.2 Å². The average molecular weight is 790 g/mol. The van der Waals surface area contributed by atoms with Crippen LogP contribution in [0.3, 0.4) is 0 Å². The molecule has 0 N–H and O–H groups in total. The molecule has 0 amide bonds. The Bertz CT molecular complexity index is 2100. The van der Waals surface area contributed by atoms with Crippen molar-refractivity contribution in [3.05, 3.63) is 109 Å². The predicted molar refractivity (Wildman–Crippen MR) is 161 cm³/mol. The zero-order valence-corrected chi connectivity index (χ0v) is 26.9. The Morgan fingerprint density at radius 1 is 0.667 bits per heavy atom. The molecule has 6 aromatic rings. The third-order valence-corrected chi connectivity index (χ3v) is 6.29. The van der Waals surface area contributed by atoms with Gasteiger partial charge in [-0.2, -0.15) is 13.2 Å². The molecule has 0 unspecified atom stereocenters. The first-order chi connectivity index (χ1) is 24.1. The molecule has 0 aliphatic carbocycles. The zero-order chi connectivity index (χ0) is 35.7. The first kappa shape index (κ1) is 37.5. The molecule has 0 bridgehead atoms. The molecule has 0 spiro atoms. The number of carbonyl (C=O) groups excluding carboxylic acids is 3. The third kappa shape index (κ3) is 9.66. The molecule has 5 aromatic heterocycles. The van der Waals surface area contributed by atoms with Gasteiger partial charge >= 0.3 is 25.7 Å². The Morgan fingerprint density at radius 2 is 1.20 bits per heavy atom. The maximum Gasteiger partial charge on any atom is 2.00 e. The van der Waals surface area contributed by atoms with Crippen molar-refractivity contribution in [3.8, 4) is 62.7 Å². The van der Waals surface area contributed by atoms with Crippen LogP contribution in [0, 0.1) is 17.7 Å². The van der Waals surface area contributed by atoms with Crippen LogP contribution in [0.5, 0.6) is 17.2 Å². The van der Waals surface area contributed by atoms with E-state index in [0.29, 0.717) is 41.8 Å². The Labute approximate surface area is 296 Å². The molecular formula is C33H17F5N6O6Ru. The van der Waals surface area contributed by atoms with Crippen molar-refractivity contribution in [2.75, 3.05) is 0 Å². The smallest absolute Gasteiger partial charge is 0.573 e. The van der Waals surface area contributed by atoms with Crippen LogP contribution in [0.2, 0.25) is 0 Å². The summed E-state index contributed by atoms with van der Waals surface area (Å²) in [6, 6.07) is 18.1. The fourth-order valence-electron chi connectivity index (χ4n) is 4.17. The Balaban J connectivity index is 0.000000227. The number of ether oxygens (including phenoxy) is 3. The Hall–Kier alpha value is -6.29. The number of hydrogen-bond donors (Lipinski definition) is 0. The van der Waals surface area contributed by atoms with Crippen molar-refractivity contribution in [2.24, 2.45) is 0 Å². The molecule has 0 radical (unpaired) electrons. The molecule has 258 valence electrons. The van der Waals surface area contributed by atoms with Gasteiger partial charge in [0.05, 0.1) is 22.8 Å². The van der Waals surface area contributed by atoms with E-state index in [1.807, 2.05) is 0 Å². The SMILES string of the molecule is Fc1c[c-]c(-c2cccc(-c3cc(C(F)(F)F)n[n-]3)n2)c(F)c1.O=COc1ccnc(-c2cc(OC=O)cc(-c3cc(OC=O)ccn3)n2)c1.[Ru+2]. The van der Waals surface area contributed by atoms with Crippen molar-refractivity contribution in [2.45, 2.75) is 6.18 Å². The summed E-state index contributed by atoms with van der Waals surface area (Å²) < 4.78 is 78.8. The molecule has 1 aromatic carbocycles. The number of pyridine rings is 4. The van der Waals surface area contributed by atoms with Gasteiger partial charge in [0.15, 0.2) is 0 Å². The number of halogens is 5. The van der Waals surface area contributed by atoms with Gasteiger partial charge in [0, 0.05) is 54.0 Å². The first-order valence-corrected chi connectivity index (χ1v) is 13.8. The standard InChI is InChI=1S/C18H11N3O6.C15H6F5N3.Ru/c22-9-25-12-1-3-19-15(5-12)17-7-14(27-11-24)8-18(21-17)16-6-13(26-10-23)2-4-20-16;16-8-4-5-9(10(17)6-8)11-2-1-3-12(21-11)13-7-14(23-22-13)15(18,19)20;/h1-11H;1-4,6-7H;/q;-2;+2. The molecule has 0 atom stereocenters. The summed E-state index contributed by atoms with van der Waals surface area (Å²) in [6.45, 7) is 0.875. The minimum absolute atomic E-state index is 0. The van der Waals surface area contributed by atoms with Gasteiger partial charge in [-0.1, -0.05) is 29.5 Å². The quantitative estimate of drug-likeness (QED) is 0.0726. The topological polar surface area (TPSA) is 157 Å². The first-order valence-electron chi connectivity index (χ1n) is 13.8. The maximum atomic E-state index is 13.7. The second kappa shape index (κ2) is 16.9. The summed E-state index contributed by atoms with van der Waals surface area (Å²) in [5.41, 5.74) is 0.317. The van der Waals surface area contributed by atoms with E-state index in [1.54, 1.807) is 0 Å². The molecule has 0 saturated carbocycles. The average Bonchev–Trinajstić information content (AvgIpc) is 3.61. The molecule has 0 saturated heterocycles. The van der Waals surface area contributed by atoms with Gasteiger partial charge in [-0.05, 0) is 30.0 Å². The van der Waals surface area contributed by atoms with E-state index in [0.717, 1.165) is 12.1 Å². The second-order valence-corrected chi connectivity index (χ2v) is 9.53. The number of aromatic nitrogens is 6. The van der Waals surface area contributed by atoms with Crippen LogP contribution in [0.15, 0.2) is 85.2 Å². The van der Waals surface area contributed by atoms with Gasteiger partial charge in [0.1, 0.15) is 22.9 Å². The van der Waals surface area contributed by atoms with E-state index >= 15 is 0 Å². The van der Waals surface area contributed by atoms with Gasteiger partial charge < -0.3 is 24.4 Å². The fourth-order valence-corrected chi connectivity index (χ4v) is 4.17. The van der Waals surface area contributed by atoms with Gasteiger partial charge in [0.2, 0.25) is 0 Å². The summed E-state index contributed by atoms with van der Waals surface area (Å²) >= 11 is 0. The van der Waals surface area contributed by atoms with Gasteiger partial charge in [0.25, 0.3) is 19.4 Å². The van der Waals surface area contributed by atoms with Crippen LogP contribution in [-0.2, 0) is 40.0 Å². The van der Waals surface area contributed by atoms with E-state index in [-0.39, 0.29) is 65.8 Å². The van der Waals surface area contributed by atoms with Crippen LogP contribution < -0.4 is 19.3 Å². The van der Waals surface area contributed by atoms with E-state index in [9.17, 15) is 36.3 Å². The molecule has 0 fully saturated rings. The number of hydrogen-bond acceptors (Lipinski definition) is 11. The number of carbonyl (C=O) groups is 3. The molecule has 5 heterocycles. The van der Waals surface area contributed by atoms with Crippen LogP contribution in [0.25, 0.3) is 45.4 Å². The molecule has 0 aliphatic rings. The summed E-state index contributed by atoms with van der Waals surface area (Å²) in [5, 5.41) is 6.48. The third-order valence-electron chi connectivity index (χ3n) is 6.29. The summed E-state index contributed by atoms with van der Waals surface area (Å²) in [4.78, 5) is 48.7. The number of rotatable bonds is 10. The van der Waals surface area contributed by atoms with Crippen molar-refractivity contribution in [3.63, 3.8) is 0 Å². The van der Waals surface area contributed by atoms with E-state index in [4.69, 9.17) is 14.2 Å². The molecule has 0 aliphatic heterocycles. The number of alkyl halides is 3. The van der Waals surface area contributed by atoms with Crippen molar-refractivity contribution >= 4 is 19.4 Å². The maximum absolute atomic E-state index is 13.7. The van der Waals surface area contributed by atoms with Crippen molar-refractivity contribution < 1.29 is 70.0 Å². The van der Waals surface area contributed by atoms with Crippen LogP contribution in [0.1, 0.15) is 5.69 Å². The molecule has 12 nitrogen and oxygen atoms in total. The molecule has 51 heavy (non-hydrogen) atoms. The Morgan fingerprint density at radius 3 is 1.73 bits per heavy atom. The molecule has 18 heteroatoms. The summed E-state index contributed by atoms with van der Waals surface area (Å²) in [7, 11) is 0. The van der Waals surface area contributed by atoms with Crippen LogP contribution in [0.4, 0.5) is 22.0 Å². The summed E-state index contributed by atoms with van der Waals surface area (Å²) in [5.74, 6) is -0.908. The van der Waals surface area contributed by atoms with Crippen molar-refractivity contribution in [1.29, 1.82) is 0 Å². The fraction of sp³-hybridized carbons (Fsp3) is 0.0303. The molecule has 6 rings (SSSR count). The van der Waals surface area contributed by atoms with Crippen LogP contribution >= 0.6 is 0 Å². The monoisotopic (exact) mass is 790 g/mol. The number of nitrogens with zero attached hydrogens (tertiary/aromatic N) is 6. The van der Waals surface area contributed by atoms with Gasteiger partial charge in [-0.3, -0.25) is 38.1 Å². The summed E-state index contributed by atoms with van der Waals surface area (Å²) in [6.07, 6.45) is -1.72. The van der Waals surface area contributed by atoms with Crippen LogP contribution in [-0.4, -0.2) is 44.5 Å². The van der Waals surface area contributed by atoms with E-state index < -0.39 is 23.5 Å². The normalized spacial score (nSPS) is 10.5. The van der Waals surface area contributed by atoms with Crippen molar-refractivity contribution in [1.82, 2.24) is 30.1 Å². The minimum atomic E-state index is -4.61. The van der Waals surface area contributed by atoms with E-state index in [1.165, 1.54) is 67.0 Å². The second-order valence-electron chi connectivity index (χ2n) is 9.53. The molecular weight excluding hydrogens is 772 g/mol. The van der Waals surface area contributed by atoms with Gasteiger partial charge in [-0.25, -0.2) is 4.98 Å². The largest absolute Gasteiger partial charge is 2.00 e. The Kier molecular flexibility index (Phi) is 12.4.